The van der Waals surface area contributed by atoms with Gasteiger partial charge in [0.25, 0.3) is 0 Å². The number of fused-ring (bicyclic) bond motifs is 1. The molecule has 1 N–H and O–H groups in total. The molecule has 2 atom stereocenters. The topological polar surface area (TPSA) is 67.3 Å². The Hall–Kier alpha value is -1.69. The zero-order chi connectivity index (χ0) is 15.0. The fourth-order valence-electron chi connectivity index (χ4n) is 2.95. The normalized spacial score (nSPS) is 27.4. The zero-order valence-electron chi connectivity index (χ0n) is 12.7. The second-order valence-electron chi connectivity index (χ2n) is 6.82. The molecule has 21 heavy (non-hydrogen) atoms. The highest BCUT2D eigenvalue weighted by molar-refractivity contribution is 5.69. The van der Waals surface area contributed by atoms with Crippen molar-refractivity contribution in [1.82, 2.24) is 20.2 Å². The van der Waals surface area contributed by atoms with Gasteiger partial charge < -0.3 is 15.0 Å². The predicted molar refractivity (Wildman–Crippen MR) is 77.4 cm³/mol. The molecule has 1 aliphatic heterocycles. The molecule has 1 aromatic heterocycles. The molecule has 2 heterocycles. The maximum Gasteiger partial charge on any atom is 0.410 e. The van der Waals surface area contributed by atoms with E-state index in [0.29, 0.717) is 17.9 Å². The molecule has 1 saturated carbocycles. The van der Waals surface area contributed by atoms with Crippen molar-refractivity contribution >= 4 is 6.09 Å². The summed E-state index contributed by atoms with van der Waals surface area (Å²) in [6.45, 7) is 8.03. The van der Waals surface area contributed by atoms with E-state index in [1.165, 1.54) is 0 Å². The van der Waals surface area contributed by atoms with Gasteiger partial charge in [-0.3, -0.25) is 0 Å². The summed E-state index contributed by atoms with van der Waals surface area (Å²) in [6, 6.07) is 2.41. The van der Waals surface area contributed by atoms with E-state index in [9.17, 15) is 4.79 Å². The van der Waals surface area contributed by atoms with Gasteiger partial charge in [-0.05, 0) is 38.7 Å². The maximum atomic E-state index is 12.0. The Morgan fingerprint density at radius 1 is 1.43 bits per heavy atom. The average Bonchev–Trinajstić information content (AvgIpc) is 2.87. The molecule has 2 fully saturated rings. The van der Waals surface area contributed by atoms with Crippen LogP contribution in [0.4, 0.5) is 4.79 Å². The van der Waals surface area contributed by atoms with Crippen molar-refractivity contribution in [3.63, 3.8) is 0 Å². The highest BCUT2D eigenvalue weighted by atomic mass is 16.6. The third-order valence-electron chi connectivity index (χ3n) is 4.01. The molecule has 1 amide bonds. The van der Waals surface area contributed by atoms with Crippen LogP contribution in [0, 0.1) is 11.8 Å². The van der Waals surface area contributed by atoms with Gasteiger partial charge in [-0.1, -0.05) is 0 Å². The Morgan fingerprint density at radius 2 is 2.14 bits per heavy atom. The molecular weight excluding hydrogens is 268 g/mol. The number of hydrogen-bond acceptors (Lipinski definition) is 5. The quantitative estimate of drug-likeness (QED) is 0.912. The molecule has 3 rings (SSSR count). The molecule has 1 aliphatic carbocycles. The third kappa shape index (κ3) is 3.32. The van der Waals surface area contributed by atoms with E-state index in [1.807, 2.05) is 31.7 Å². The molecule has 0 bridgehead atoms. The van der Waals surface area contributed by atoms with Gasteiger partial charge in [0.2, 0.25) is 0 Å². The van der Waals surface area contributed by atoms with Gasteiger partial charge in [0.05, 0.1) is 5.69 Å². The van der Waals surface area contributed by atoms with Gasteiger partial charge in [0, 0.05) is 31.9 Å². The molecule has 0 spiro atoms. The first-order chi connectivity index (χ1) is 9.94. The largest absolute Gasteiger partial charge is 0.444 e. The Labute approximate surface area is 124 Å². The van der Waals surface area contributed by atoms with E-state index in [0.717, 1.165) is 25.3 Å². The first-order valence-electron chi connectivity index (χ1n) is 7.40. The fraction of sp³-hybridized carbons (Fsp3) is 0.667. The molecule has 6 nitrogen and oxygen atoms in total. The van der Waals surface area contributed by atoms with Crippen LogP contribution in [-0.2, 0) is 11.3 Å². The fourth-order valence-corrected chi connectivity index (χ4v) is 2.95. The van der Waals surface area contributed by atoms with Crippen LogP contribution < -0.4 is 5.32 Å². The van der Waals surface area contributed by atoms with E-state index in [1.54, 1.807) is 12.5 Å². The monoisotopic (exact) mass is 290 g/mol. The van der Waals surface area contributed by atoms with Crippen LogP contribution >= 0.6 is 0 Å². The molecule has 2 aliphatic rings. The Kier molecular flexibility index (Phi) is 3.57. The first kappa shape index (κ1) is 14.3. The second-order valence-corrected chi connectivity index (χ2v) is 6.82. The summed E-state index contributed by atoms with van der Waals surface area (Å²) in [5.74, 6) is 1.11. The van der Waals surface area contributed by atoms with Crippen LogP contribution in [-0.4, -0.2) is 45.7 Å². The molecule has 0 aromatic carbocycles. The Morgan fingerprint density at radius 3 is 2.71 bits per heavy atom. The molecule has 1 aromatic rings. The number of aromatic nitrogens is 2. The minimum atomic E-state index is -0.422. The summed E-state index contributed by atoms with van der Waals surface area (Å²) >= 11 is 0. The predicted octanol–water partition coefficient (Wildman–Crippen LogP) is 1.43. The van der Waals surface area contributed by atoms with Gasteiger partial charge >= 0.3 is 6.09 Å². The minimum absolute atomic E-state index is 0.191. The minimum Gasteiger partial charge on any atom is -0.444 e. The van der Waals surface area contributed by atoms with Crippen LogP contribution in [0.3, 0.4) is 0 Å². The van der Waals surface area contributed by atoms with Crippen LogP contribution in [0.15, 0.2) is 18.6 Å². The smallest absolute Gasteiger partial charge is 0.410 e. The number of amides is 1. The number of nitrogens with zero attached hydrogens (tertiary/aromatic N) is 3. The third-order valence-corrected chi connectivity index (χ3v) is 4.01. The van der Waals surface area contributed by atoms with Crippen molar-refractivity contribution < 1.29 is 9.53 Å². The lowest BCUT2D eigenvalue weighted by molar-refractivity contribution is 0.0269. The average molecular weight is 290 g/mol. The number of hydrogen-bond donors (Lipinski definition) is 1. The van der Waals surface area contributed by atoms with E-state index in [2.05, 4.69) is 15.3 Å². The summed E-state index contributed by atoms with van der Waals surface area (Å²) in [5.41, 5.74) is 0.577. The SMILES string of the molecule is CC(C)(C)OC(=O)N1CC2C(C1)C2NCc1ccncn1. The lowest BCUT2D eigenvalue weighted by atomic mass is 10.2. The number of likely N-dealkylation sites (tertiary alicyclic amines) is 1. The first-order valence-corrected chi connectivity index (χ1v) is 7.40. The summed E-state index contributed by atoms with van der Waals surface area (Å²) < 4.78 is 5.40. The van der Waals surface area contributed by atoms with Crippen LogP contribution in [0.25, 0.3) is 0 Å². The lowest BCUT2D eigenvalue weighted by Gasteiger charge is -2.26. The van der Waals surface area contributed by atoms with Crippen molar-refractivity contribution in [2.75, 3.05) is 13.1 Å². The van der Waals surface area contributed by atoms with Gasteiger partial charge in [-0.15, -0.1) is 0 Å². The summed E-state index contributed by atoms with van der Waals surface area (Å²) in [4.78, 5) is 21.9. The maximum absolute atomic E-state index is 12.0. The number of nitrogens with one attached hydrogen (secondary N) is 1. The van der Waals surface area contributed by atoms with Crippen molar-refractivity contribution in [2.24, 2.45) is 11.8 Å². The van der Waals surface area contributed by atoms with Gasteiger partial charge in [-0.25, -0.2) is 14.8 Å². The Balaban J connectivity index is 1.43. The van der Waals surface area contributed by atoms with Gasteiger partial charge in [0.15, 0.2) is 0 Å². The second kappa shape index (κ2) is 5.26. The van der Waals surface area contributed by atoms with Crippen LogP contribution in [0.2, 0.25) is 0 Å². The summed E-state index contributed by atoms with van der Waals surface area (Å²) in [6.07, 6.45) is 3.13. The molecule has 0 radical (unpaired) electrons. The standard InChI is InChI=1S/C15H22N4O2/c1-15(2,3)21-14(20)19-7-11-12(8-19)13(11)17-6-10-4-5-16-9-18-10/h4-5,9,11-13,17H,6-8H2,1-3H3. The highest BCUT2D eigenvalue weighted by Crippen LogP contribution is 2.45. The number of carbonyl (C=O) groups excluding carboxylic acids is 1. The molecular formula is C15H22N4O2. The molecule has 2 unspecified atom stereocenters. The van der Waals surface area contributed by atoms with Crippen molar-refractivity contribution in [2.45, 2.75) is 39.0 Å². The van der Waals surface area contributed by atoms with Crippen molar-refractivity contribution in [1.29, 1.82) is 0 Å². The number of piperidine rings is 1. The molecule has 114 valence electrons. The molecule has 1 saturated heterocycles. The van der Waals surface area contributed by atoms with Crippen LogP contribution in [0.5, 0.6) is 0 Å². The summed E-state index contributed by atoms with van der Waals surface area (Å²) in [7, 11) is 0. The van der Waals surface area contributed by atoms with Gasteiger partial charge in [-0.2, -0.15) is 0 Å². The summed E-state index contributed by atoms with van der Waals surface area (Å²) in [5, 5.41) is 3.51. The van der Waals surface area contributed by atoms with E-state index in [4.69, 9.17) is 4.74 Å². The van der Waals surface area contributed by atoms with Crippen molar-refractivity contribution in [3.05, 3.63) is 24.3 Å². The van der Waals surface area contributed by atoms with Gasteiger partial charge in [0.1, 0.15) is 11.9 Å². The van der Waals surface area contributed by atoms with Crippen molar-refractivity contribution in [3.8, 4) is 0 Å². The number of ether oxygens (including phenoxy) is 1. The van der Waals surface area contributed by atoms with E-state index >= 15 is 0 Å². The number of rotatable bonds is 3. The zero-order valence-corrected chi connectivity index (χ0v) is 12.7. The van der Waals surface area contributed by atoms with Crippen LogP contribution in [0.1, 0.15) is 26.5 Å². The van der Waals surface area contributed by atoms with E-state index < -0.39 is 5.60 Å². The lowest BCUT2D eigenvalue weighted by Crippen LogP contribution is -2.39. The molecule has 6 heteroatoms. The van der Waals surface area contributed by atoms with E-state index in [-0.39, 0.29) is 6.09 Å². The Bertz CT molecular complexity index is 502. The highest BCUT2D eigenvalue weighted by Gasteiger charge is 2.56. The number of carbonyl (C=O) groups is 1.